The molecule has 204 valence electrons. The third-order valence-electron chi connectivity index (χ3n) is 6.02. The molecule has 1 aromatic carbocycles. The maximum absolute atomic E-state index is 13.3. The van der Waals surface area contributed by atoms with E-state index in [4.69, 9.17) is 26.6 Å². The van der Waals surface area contributed by atoms with Gasteiger partial charge in [0.25, 0.3) is 11.8 Å². The molecular formula is C23H19ClF3N7O5. The second-order valence-corrected chi connectivity index (χ2v) is 9.16. The Labute approximate surface area is 222 Å². The lowest BCUT2D eigenvalue weighted by Crippen LogP contribution is -2.61. The summed E-state index contributed by atoms with van der Waals surface area (Å²) in [5.41, 5.74) is 2.64. The van der Waals surface area contributed by atoms with Gasteiger partial charge in [-0.3, -0.25) is 19.5 Å². The molecule has 3 aromatic heterocycles. The third kappa shape index (κ3) is 4.86. The van der Waals surface area contributed by atoms with Crippen LogP contribution >= 0.6 is 11.6 Å². The monoisotopic (exact) mass is 565 g/mol. The van der Waals surface area contributed by atoms with Crippen LogP contribution in [-0.4, -0.2) is 61.7 Å². The number of pyridine rings is 1. The molecule has 39 heavy (non-hydrogen) atoms. The number of hydrogen-bond acceptors (Lipinski definition) is 9. The number of ether oxygens (including phenoxy) is 1. The molecule has 0 unspecified atom stereocenters. The van der Waals surface area contributed by atoms with Crippen LogP contribution in [0.15, 0.2) is 47.2 Å². The van der Waals surface area contributed by atoms with Gasteiger partial charge >= 0.3 is 6.18 Å². The van der Waals surface area contributed by atoms with Crippen LogP contribution in [0.2, 0.25) is 5.02 Å². The zero-order chi connectivity index (χ0) is 28.1. The van der Waals surface area contributed by atoms with Crippen LogP contribution in [0.25, 0.3) is 16.7 Å². The molecule has 0 spiro atoms. The number of halogens is 4. The molecule has 0 bridgehead atoms. The SMILES string of the molecule is C[C@](O)(C(=O)Nc1cc(Cl)c2c(N)noc2c1)[C@H]1OCCN(c2ccn(-c3ccnc(C(F)(F)F)c3)n2)C1=O. The van der Waals surface area contributed by atoms with Crippen molar-refractivity contribution < 1.29 is 37.1 Å². The Morgan fingerprint density at radius 2 is 2.05 bits per heavy atom. The number of carbonyl (C=O) groups is 2. The molecule has 1 saturated heterocycles. The quantitative estimate of drug-likeness (QED) is 0.330. The summed E-state index contributed by atoms with van der Waals surface area (Å²) in [6, 6.07) is 6.30. The summed E-state index contributed by atoms with van der Waals surface area (Å²) < 4.78 is 50.8. The van der Waals surface area contributed by atoms with Crippen LogP contribution in [-0.2, 0) is 20.5 Å². The number of fused-ring (bicyclic) bond motifs is 1. The van der Waals surface area contributed by atoms with Crippen molar-refractivity contribution in [1.82, 2.24) is 19.9 Å². The fourth-order valence-electron chi connectivity index (χ4n) is 4.03. The average molecular weight is 566 g/mol. The molecule has 4 aromatic rings. The fraction of sp³-hybridized carbons (Fsp3) is 0.261. The van der Waals surface area contributed by atoms with E-state index in [2.05, 4.69) is 20.6 Å². The van der Waals surface area contributed by atoms with Gasteiger partial charge in [0.1, 0.15) is 5.69 Å². The molecule has 0 radical (unpaired) electrons. The molecule has 2 amide bonds. The fourth-order valence-corrected chi connectivity index (χ4v) is 4.34. The molecule has 1 aliphatic heterocycles. The van der Waals surface area contributed by atoms with Crippen LogP contribution < -0.4 is 16.0 Å². The smallest absolute Gasteiger partial charge is 0.380 e. The topological polar surface area (TPSA) is 162 Å². The first-order chi connectivity index (χ1) is 18.4. The molecule has 2 atom stereocenters. The zero-order valence-corrected chi connectivity index (χ0v) is 20.7. The second-order valence-electron chi connectivity index (χ2n) is 8.76. The summed E-state index contributed by atoms with van der Waals surface area (Å²) in [6.45, 7) is 1.07. The van der Waals surface area contributed by atoms with E-state index in [1.54, 1.807) is 0 Å². The Morgan fingerprint density at radius 1 is 1.28 bits per heavy atom. The van der Waals surface area contributed by atoms with Gasteiger partial charge in [0.15, 0.2) is 28.9 Å². The van der Waals surface area contributed by atoms with E-state index in [1.165, 1.54) is 35.4 Å². The van der Waals surface area contributed by atoms with E-state index in [0.717, 1.165) is 23.9 Å². The highest BCUT2D eigenvalue weighted by molar-refractivity contribution is 6.36. The Balaban J connectivity index is 1.35. The number of alkyl halides is 3. The van der Waals surface area contributed by atoms with E-state index in [9.17, 15) is 27.9 Å². The molecule has 4 heterocycles. The number of aromatic nitrogens is 4. The minimum Gasteiger partial charge on any atom is -0.380 e. The lowest BCUT2D eigenvalue weighted by molar-refractivity contribution is -0.165. The minimum absolute atomic E-state index is 0.0212. The minimum atomic E-state index is -4.65. The number of benzene rings is 1. The van der Waals surface area contributed by atoms with Crippen LogP contribution in [0, 0.1) is 0 Å². The van der Waals surface area contributed by atoms with Gasteiger partial charge in [-0.1, -0.05) is 16.8 Å². The van der Waals surface area contributed by atoms with Gasteiger partial charge < -0.3 is 25.4 Å². The number of anilines is 3. The maximum Gasteiger partial charge on any atom is 0.433 e. The van der Waals surface area contributed by atoms with E-state index in [1.807, 2.05) is 0 Å². The first-order valence-corrected chi connectivity index (χ1v) is 11.6. The predicted octanol–water partition coefficient (Wildman–Crippen LogP) is 2.78. The van der Waals surface area contributed by atoms with Gasteiger partial charge in [0.05, 0.1) is 29.2 Å². The van der Waals surface area contributed by atoms with Gasteiger partial charge in [0.2, 0.25) is 0 Å². The number of amides is 2. The summed E-state index contributed by atoms with van der Waals surface area (Å²) >= 11 is 6.20. The first kappa shape index (κ1) is 26.4. The molecule has 12 nitrogen and oxygen atoms in total. The number of morpholine rings is 1. The molecule has 5 rings (SSSR count). The summed E-state index contributed by atoms with van der Waals surface area (Å²) in [6.07, 6.45) is -3.92. The number of carbonyl (C=O) groups excluding carboxylic acids is 2. The van der Waals surface area contributed by atoms with Crippen molar-refractivity contribution in [2.45, 2.75) is 24.8 Å². The number of rotatable bonds is 5. The van der Waals surface area contributed by atoms with Gasteiger partial charge in [-0.2, -0.15) is 13.2 Å². The highest BCUT2D eigenvalue weighted by Crippen LogP contribution is 2.33. The summed E-state index contributed by atoms with van der Waals surface area (Å²) in [4.78, 5) is 30.8. The standard InChI is InChI=1S/C23H19ClF3N7O5/c1-22(37,21(36)30-11-8-13(24)17-14(9-11)39-32-19(17)28)18-20(35)33(6-7-38-18)16-3-5-34(31-16)12-2-4-29-15(10-12)23(25,26)27/h2-5,8-10,18,37H,6-7H2,1H3,(H2,28,32)(H,30,36)/t18-,22+/m0/s1. The number of nitrogen functional groups attached to an aromatic ring is 1. The molecule has 0 saturated carbocycles. The Morgan fingerprint density at radius 3 is 2.79 bits per heavy atom. The summed E-state index contributed by atoms with van der Waals surface area (Å²) in [5.74, 6) is -1.62. The van der Waals surface area contributed by atoms with Crippen molar-refractivity contribution >= 4 is 51.7 Å². The van der Waals surface area contributed by atoms with E-state index in [-0.39, 0.29) is 46.8 Å². The van der Waals surface area contributed by atoms with Crippen LogP contribution in [0.5, 0.6) is 0 Å². The molecule has 16 heteroatoms. The summed E-state index contributed by atoms with van der Waals surface area (Å²) in [5, 5.41) is 21.8. The lowest BCUT2D eigenvalue weighted by atomic mass is 9.95. The number of nitrogens with one attached hydrogen (secondary N) is 1. The van der Waals surface area contributed by atoms with Gasteiger partial charge in [0, 0.05) is 30.2 Å². The molecular weight excluding hydrogens is 547 g/mol. The number of nitrogens with two attached hydrogens (primary N) is 1. The lowest BCUT2D eigenvalue weighted by Gasteiger charge is -2.37. The van der Waals surface area contributed by atoms with Gasteiger partial charge in [-0.15, -0.1) is 5.10 Å². The summed E-state index contributed by atoms with van der Waals surface area (Å²) in [7, 11) is 0. The number of aliphatic hydroxyl groups is 1. The van der Waals surface area contributed by atoms with Crippen LogP contribution in [0.1, 0.15) is 12.6 Å². The van der Waals surface area contributed by atoms with Crippen molar-refractivity contribution in [1.29, 1.82) is 0 Å². The van der Waals surface area contributed by atoms with E-state index in [0.29, 0.717) is 5.39 Å². The Hall–Kier alpha value is -4.21. The van der Waals surface area contributed by atoms with E-state index < -0.39 is 35.4 Å². The second kappa shape index (κ2) is 9.52. The van der Waals surface area contributed by atoms with Crippen LogP contribution in [0.3, 0.4) is 0 Å². The van der Waals surface area contributed by atoms with Crippen LogP contribution in [0.4, 0.5) is 30.5 Å². The van der Waals surface area contributed by atoms with Crippen molar-refractivity contribution in [2.75, 3.05) is 29.1 Å². The molecule has 0 aliphatic carbocycles. The number of hydrogen-bond donors (Lipinski definition) is 3. The van der Waals surface area contributed by atoms with Gasteiger partial charge in [-0.25, -0.2) is 4.68 Å². The van der Waals surface area contributed by atoms with E-state index >= 15 is 0 Å². The Bertz CT molecular complexity index is 1590. The zero-order valence-electron chi connectivity index (χ0n) is 19.9. The molecule has 1 fully saturated rings. The van der Waals surface area contributed by atoms with Crippen molar-refractivity contribution in [3.63, 3.8) is 0 Å². The van der Waals surface area contributed by atoms with Crippen molar-refractivity contribution in [2.24, 2.45) is 0 Å². The first-order valence-electron chi connectivity index (χ1n) is 11.3. The number of nitrogens with zero attached hydrogens (tertiary/aromatic N) is 5. The third-order valence-corrected chi connectivity index (χ3v) is 6.32. The Kier molecular flexibility index (Phi) is 6.44. The largest absolute Gasteiger partial charge is 0.433 e. The molecule has 4 N–H and O–H groups in total. The average Bonchev–Trinajstić information content (AvgIpc) is 3.51. The van der Waals surface area contributed by atoms with Gasteiger partial charge in [-0.05, 0) is 25.1 Å². The highest BCUT2D eigenvalue weighted by Gasteiger charge is 2.49. The molecule has 1 aliphatic rings. The predicted molar refractivity (Wildman–Crippen MR) is 131 cm³/mol. The maximum atomic E-state index is 13.3. The highest BCUT2D eigenvalue weighted by atomic mass is 35.5. The van der Waals surface area contributed by atoms with Crippen molar-refractivity contribution in [3.8, 4) is 5.69 Å². The normalized spacial score (nSPS) is 17.8. The van der Waals surface area contributed by atoms with Crippen molar-refractivity contribution in [3.05, 3.63) is 53.4 Å².